The van der Waals surface area contributed by atoms with E-state index in [-0.39, 0.29) is 11.7 Å². The topological polar surface area (TPSA) is 88.2 Å². The first-order valence-corrected chi connectivity index (χ1v) is 7.60. The summed E-state index contributed by atoms with van der Waals surface area (Å²) in [6, 6.07) is 9.98. The normalized spacial score (nSPS) is 10.7. The number of anilines is 2. The molecule has 0 atom stereocenters. The first-order chi connectivity index (χ1) is 10.0. The van der Waals surface area contributed by atoms with Crippen LogP contribution in [0.2, 0.25) is 0 Å². The van der Waals surface area contributed by atoms with E-state index in [9.17, 15) is 9.90 Å². The van der Waals surface area contributed by atoms with Crippen LogP contribution >= 0.6 is 27.3 Å². The van der Waals surface area contributed by atoms with Crippen LogP contribution < -0.4 is 11.1 Å². The number of nitrogens with zero attached hydrogens (tertiary/aromatic N) is 1. The van der Waals surface area contributed by atoms with Crippen LogP contribution in [-0.4, -0.2) is 16.0 Å². The summed E-state index contributed by atoms with van der Waals surface area (Å²) in [5.41, 5.74) is 7.23. The summed E-state index contributed by atoms with van der Waals surface area (Å²) in [6.45, 7) is 0. The van der Waals surface area contributed by atoms with Gasteiger partial charge in [-0.3, -0.25) is 4.79 Å². The number of carbonyl (C=O) groups excluding carboxylic acids is 1. The van der Waals surface area contributed by atoms with E-state index in [0.29, 0.717) is 16.4 Å². The Hall–Kier alpha value is -2.12. The molecular formula is C14H10BrN3O2S. The molecule has 2 aromatic carbocycles. The molecule has 0 saturated heterocycles. The van der Waals surface area contributed by atoms with Gasteiger partial charge in [0, 0.05) is 10.0 Å². The third-order valence-electron chi connectivity index (χ3n) is 2.87. The lowest BCUT2D eigenvalue weighted by atomic mass is 10.2. The van der Waals surface area contributed by atoms with Gasteiger partial charge in [0.05, 0.1) is 15.9 Å². The average molecular weight is 364 g/mol. The second-order valence-electron chi connectivity index (χ2n) is 4.35. The molecule has 7 heteroatoms. The molecule has 1 aromatic heterocycles. The predicted octanol–water partition coefficient (Wildman–Crippen LogP) is 3.60. The molecule has 1 amide bonds. The van der Waals surface area contributed by atoms with E-state index < -0.39 is 0 Å². The van der Waals surface area contributed by atoms with Crippen LogP contribution in [0.4, 0.5) is 10.8 Å². The van der Waals surface area contributed by atoms with Gasteiger partial charge in [-0.05, 0) is 36.4 Å². The van der Waals surface area contributed by atoms with Crippen molar-refractivity contribution in [2.45, 2.75) is 0 Å². The number of nitrogen functional groups attached to an aromatic ring is 1. The van der Waals surface area contributed by atoms with Crippen molar-refractivity contribution >= 4 is 54.2 Å². The average Bonchev–Trinajstić information content (AvgIpc) is 2.81. The highest BCUT2D eigenvalue weighted by molar-refractivity contribution is 9.10. The van der Waals surface area contributed by atoms with Gasteiger partial charge >= 0.3 is 0 Å². The molecule has 0 radical (unpaired) electrons. The van der Waals surface area contributed by atoms with Gasteiger partial charge in [-0.15, -0.1) is 0 Å². The maximum Gasteiger partial charge on any atom is 0.255 e. The van der Waals surface area contributed by atoms with Crippen molar-refractivity contribution in [3.8, 4) is 5.75 Å². The molecule has 0 saturated carbocycles. The minimum Gasteiger partial charge on any atom is -0.506 e. The fraction of sp³-hybridized carbons (Fsp3) is 0. The molecule has 0 aliphatic carbocycles. The van der Waals surface area contributed by atoms with E-state index in [1.165, 1.54) is 17.4 Å². The van der Waals surface area contributed by atoms with Gasteiger partial charge in [0.15, 0.2) is 5.13 Å². The number of carbonyl (C=O) groups is 1. The van der Waals surface area contributed by atoms with Crippen LogP contribution in [0.5, 0.6) is 5.75 Å². The number of aromatic nitrogens is 1. The molecule has 5 nitrogen and oxygen atoms in total. The van der Waals surface area contributed by atoms with Crippen molar-refractivity contribution in [2.24, 2.45) is 0 Å². The second-order valence-corrected chi connectivity index (χ2v) is 6.33. The molecule has 0 fully saturated rings. The van der Waals surface area contributed by atoms with Gasteiger partial charge in [0.25, 0.3) is 5.91 Å². The van der Waals surface area contributed by atoms with E-state index in [1.807, 2.05) is 0 Å². The zero-order chi connectivity index (χ0) is 15.0. The Morgan fingerprint density at radius 1 is 1.29 bits per heavy atom. The first kappa shape index (κ1) is 13.8. The number of amides is 1. The maximum absolute atomic E-state index is 12.2. The Bertz CT molecular complexity index is 847. The monoisotopic (exact) mass is 363 g/mol. The van der Waals surface area contributed by atoms with Crippen molar-refractivity contribution in [2.75, 3.05) is 11.1 Å². The van der Waals surface area contributed by atoms with Crippen molar-refractivity contribution in [1.29, 1.82) is 0 Å². The molecule has 0 aliphatic heterocycles. The van der Waals surface area contributed by atoms with Crippen molar-refractivity contribution < 1.29 is 9.90 Å². The summed E-state index contributed by atoms with van der Waals surface area (Å²) in [7, 11) is 0. The Morgan fingerprint density at radius 2 is 2.10 bits per heavy atom. The molecule has 1 heterocycles. The number of aromatic hydroxyl groups is 1. The largest absolute Gasteiger partial charge is 0.506 e. The molecule has 3 rings (SSSR count). The van der Waals surface area contributed by atoms with E-state index in [1.54, 1.807) is 30.3 Å². The van der Waals surface area contributed by atoms with Gasteiger partial charge in [0.1, 0.15) is 5.75 Å². The third kappa shape index (κ3) is 2.84. The molecule has 0 unspecified atom stereocenters. The predicted molar refractivity (Wildman–Crippen MR) is 87.8 cm³/mol. The van der Waals surface area contributed by atoms with Crippen molar-refractivity contribution in [1.82, 2.24) is 4.98 Å². The van der Waals surface area contributed by atoms with E-state index in [0.717, 1.165) is 14.7 Å². The standard InChI is InChI=1S/C14H10BrN3O2S/c15-8-2-4-11(19)10(6-8)17-13(20)7-1-3-9-12(5-7)21-14(16)18-9/h1-6,19H,(H2,16,18)(H,17,20). The number of hydrogen-bond acceptors (Lipinski definition) is 5. The molecule has 0 aliphatic rings. The third-order valence-corrected chi connectivity index (χ3v) is 4.21. The molecule has 0 spiro atoms. The fourth-order valence-corrected chi connectivity index (χ4v) is 3.02. The smallest absolute Gasteiger partial charge is 0.255 e. The molecule has 0 bridgehead atoms. The van der Waals surface area contributed by atoms with Gasteiger partial charge in [0.2, 0.25) is 0 Å². The fourth-order valence-electron chi connectivity index (χ4n) is 1.89. The summed E-state index contributed by atoms with van der Waals surface area (Å²) in [6.07, 6.45) is 0. The Morgan fingerprint density at radius 3 is 2.90 bits per heavy atom. The number of benzene rings is 2. The number of phenolic OH excluding ortho intramolecular Hbond substituents is 1. The van der Waals surface area contributed by atoms with E-state index in [2.05, 4.69) is 26.2 Å². The Labute approximate surface area is 132 Å². The lowest BCUT2D eigenvalue weighted by Gasteiger charge is -2.07. The van der Waals surface area contributed by atoms with Gasteiger partial charge in [-0.25, -0.2) is 4.98 Å². The minimum absolute atomic E-state index is 0.00895. The summed E-state index contributed by atoms with van der Waals surface area (Å²) in [4.78, 5) is 16.4. The van der Waals surface area contributed by atoms with Crippen molar-refractivity contribution in [3.05, 3.63) is 46.4 Å². The number of hydrogen-bond donors (Lipinski definition) is 3. The molecule has 4 N–H and O–H groups in total. The van der Waals surface area contributed by atoms with Crippen molar-refractivity contribution in [3.63, 3.8) is 0 Å². The summed E-state index contributed by atoms with van der Waals surface area (Å²) >= 11 is 4.62. The molecule has 21 heavy (non-hydrogen) atoms. The highest BCUT2D eigenvalue weighted by Crippen LogP contribution is 2.28. The first-order valence-electron chi connectivity index (χ1n) is 5.99. The summed E-state index contributed by atoms with van der Waals surface area (Å²) in [5.74, 6) is -0.299. The second kappa shape index (κ2) is 5.34. The van der Waals surface area contributed by atoms with Gasteiger partial charge in [-0.2, -0.15) is 0 Å². The van der Waals surface area contributed by atoms with Crippen LogP contribution in [0.1, 0.15) is 10.4 Å². The lowest BCUT2D eigenvalue weighted by molar-refractivity contribution is 0.102. The SMILES string of the molecule is Nc1nc2ccc(C(=O)Nc3cc(Br)ccc3O)cc2s1. The number of thiazole rings is 1. The number of halogens is 1. The minimum atomic E-state index is -0.308. The van der Waals surface area contributed by atoms with Gasteiger partial charge < -0.3 is 16.2 Å². The number of rotatable bonds is 2. The van der Waals surface area contributed by atoms with Crippen LogP contribution in [0.15, 0.2) is 40.9 Å². The summed E-state index contributed by atoms with van der Waals surface area (Å²) < 4.78 is 1.61. The number of nitrogens with one attached hydrogen (secondary N) is 1. The highest BCUT2D eigenvalue weighted by Gasteiger charge is 2.11. The maximum atomic E-state index is 12.2. The van der Waals surface area contributed by atoms with E-state index >= 15 is 0 Å². The number of fused-ring (bicyclic) bond motifs is 1. The quantitative estimate of drug-likeness (QED) is 0.607. The van der Waals surface area contributed by atoms with Gasteiger partial charge in [-0.1, -0.05) is 27.3 Å². The lowest BCUT2D eigenvalue weighted by Crippen LogP contribution is -2.11. The Kier molecular flexibility index (Phi) is 3.52. The number of nitrogens with two attached hydrogens (primary N) is 1. The molecular weight excluding hydrogens is 354 g/mol. The van der Waals surface area contributed by atoms with Crippen LogP contribution in [0.25, 0.3) is 10.2 Å². The summed E-state index contributed by atoms with van der Waals surface area (Å²) in [5, 5.41) is 12.9. The van der Waals surface area contributed by atoms with Crippen LogP contribution in [-0.2, 0) is 0 Å². The van der Waals surface area contributed by atoms with E-state index in [4.69, 9.17) is 5.73 Å². The molecule has 106 valence electrons. The molecule has 3 aromatic rings. The van der Waals surface area contributed by atoms with Crippen LogP contribution in [0, 0.1) is 0 Å². The number of phenols is 1. The highest BCUT2D eigenvalue weighted by atomic mass is 79.9. The van der Waals surface area contributed by atoms with Crippen LogP contribution in [0.3, 0.4) is 0 Å². The zero-order valence-electron chi connectivity index (χ0n) is 10.6. The Balaban J connectivity index is 1.91. The zero-order valence-corrected chi connectivity index (χ0v) is 13.0.